The number of rotatable bonds is 7. The molecule has 0 saturated heterocycles. The molecule has 150 valence electrons. The van der Waals surface area contributed by atoms with Crippen molar-refractivity contribution in [3.8, 4) is 17.1 Å². The molecule has 3 aromatic heterocycles. The zero-order valence-electron chi connectivity index (χ0n) is 18.0. The van der Waals surface area contributed by atoms with E-state index in [-0.39, 0.29) is 12.1 Å². The molecule has 3 heterocycles. The molecule has 0 fully saturated rings. The van der Waals surface area contributed by atoms with Crippen LogP contribution in [0.4, 0.5) is 0 Å². The number of methoxy groups -OCH3 is 1. The third-order valence-corrected chi connectivity index (χ3v) is 4.96. The van der Waals surface area contributed by atoms with Gasteiger partial charge in [-0.15, -0.1) is 0 Å². The molecule has 0 unspecified atom stereocenters. The van der Waals surface area contributed by atoms with Crippen LogP contribution < -0.4 is 4.74 Å². The van der Waals surface area contributed by atoms with Crippen molar-refractivity contribution in [2.24, 2.45) is 0 Å². The Morgan fingerprint density at radius 3 is 2.46 bits per heavy atom. The van der Waals surface area contributed by atoms with E-state index in [9.17, 15) is 0 Å². The Kier molecular flexibility index (Phi) is 6.04. The molecule has 0 aromatic carbocycles. The first kappa shape index (κ1) is 20.3. The van der Waals surface area contributed by atoms with Crippen LogP contribution >= 0.6 is 0 Å². The number of hydrogen-bond acceptors (Lipinski definition) is 4. The highest BCUT2D eigenvalue weighted by molar-refractivity contribution is 5.84. The van der Waals surface area contributed by atoms with Crippen LogP contribution in [-0.2, 0) is 11.2 Å². The first-order valence-electron chi connectivity index (χ1n) is 10.00. The molecule has 0 saturated carbocycles. The van der Waals surface area contributed by atoms with Gasteiger partial charge >= 0.3 is 0 Å². The Bertz CT molecular complexity index is 976. The van der Waals surface area contributed by atoms with E-state index < -0.39 is 0 Å². The largest absolute Gasteiger partial charge is 0.475 e. The van der Waals surface area contributed by atoms with Crippen LogP contribution in [0.25, 0.3) is 22.3 Å². The second-order valence-corrected chi connectivity index (χ2v) is 7.71. The summed E-state index contributed by atoms with van der Waals surface area (Å²) < 4.78 is 13.4. The standard InChI is InChI=1S/C23H31N3O2/c1-8-19-18(9-10-21(24-19)28-14(2)3)22-15(4)11-20-23(25-22)16(5)12-26(20)17(6)13-27-7/h9-12,14,17H,8,13H2,1-7H3/t17-/m0/s1. The van der Waals surface area contributed by atoms with Crippen molar-refractivity contribution >= 4 is 11.0 Å². The number of aryl methyl sites for hydroxylation is 3. The number of aromatic nitrogens is 3. The second kappa shape index (κ2) is 8.31. The van der Waals surface area contributed by atoms with Crippen LogP contribution in [0, 0.1) is 13.8 Å². The van der Waals surface area contributed by atoms with Crippen molar-refractivity contribution < 1.29 is 9.47 Å². The maximum Gasteiger partial charge on any atom is 0.213 e. The van der Waals surface area contributed by atoms with Crippen molar-refractivity contribution in [3.05, 3.63) is 41.2 Å². The van der Waals surface area contributed by atoms with Crippen LogP contribution in [0.5, 0.6) is 5.88 Å². The Labute approximate surface area is 167 Å². The summed E-state index contributed by atoms with van der Waals surface area (Å²) in [6.07, 6.45) is 3.10. The molecule has 0 aliphatic rings. The number of fused-ring (bicyclic) bond motifs is 1. The fourth-order valence-electron chi connectivity index (χ4n) is 3.66. The molecular formula is C23H31N3O2. The molecule has 28 heavy (non-hydrogen) atoms. The minimum absolute atomic E-state index is 0.107. The zero-order chi connectivity index (χ0) is 20.4. The average Bonchev–Trinajstić information content (AvgIpc) is 2.96. The molecule has 3 aromatic rings. The predicted octanol–water partition coefficient (Wildman–Crippen LogP) is 5.27. The Morgan fingerprint density at radius 2 is 1.82 bits per heavy atom. The van der Waals surface area contributed by atoms with Crippen LogP contribution in [0.2, 0.25) is 0 Å². The van der Waals surface area contributed by atoms with Gasteiger partial charge in [0.2, 0.25) is 5.88 Å². The number of nitrogens with zero attached hydrogens (tertiary/aromatic N) is 3. The molecular weight excluding hydrogens is 350 g/mol. The van der Waals surface area contributed by atoms with Gasteiger partial charge in [-0.3, -0.25) is 0 Å². The summed E-state index contributed by atoms with van der Waals surface area (Å²) in [5, 5.41) is 0. The minimum Gasteiger partial charge on any atom is -0.475 e. The van der Waals surface area contributed by atoms with Crippen molar-refractivity contribution in [1.82, 2.24) is 14.5 Å². The Balaban J connectivity index is 2.12. The van der Waals surface area contributed by atoms with Gasteiger partial charge in [-0.2, -0.15) is 0 Å². The first-order valence-corrected chi connectivity index (χ1v) is 10.00. The maximum atomic E-state index is 5.77. The third-order valence-electron chi connectivity index (χ3n) is 4.96. The summed E-state index contributed by atoms with van der Waals surface area (Å²) in [4.78, 5) is 9.79. The molecule has 5 heteroatoms. The normalized spacial score (nSPS) is 12.7. The lowest BCUT2D eigenvalue weighted by atomic mass is 10.0. The van der Waals surface area contributed by atoms with E-state index in [0.717, 1.165) is 40.0 Å². The van der Waals surface area contributed by atoms with Gasteiger partial charge in [-0.1, -0.05) is 6.92 Å². The highest BCUT2D eigenvalue weighted by Crippen LogP contribution is 2.32. The summed E-state index contributed by atoms with van der Waals surface area (Å²) in [5.41, 5.74) is 7.58. The molecule has 1 atom stereocenters. The van der Waals surface area contributed by atoms with Crippen LogP contribution in [0.3, 0.4) is 0 Å². The lowest BCUT2D eigenvalue weighted by molar-refractivity contribution is 0.164. The molecule has 0 spiro atoms. The van der Waals surface area contributed by atoms with Crippen LogP contribution in [0.15, 0.2) is 24.4 Å². The molecule has 0 aliphatic carbocycles. The quantitative estimate of drug-likeness (QED) is 0.559. The van der Waals surface area contributed by atoms with Gasteiger partial charge in [-0.25, -0.2) is 9.97 Å². The number of hydrogen-bond donors (Lipinski definition) is 0. The highest BCUT2D eigenvalue weighted by Gasteiger charge is 2.17. The summed E-state index contributed by atoms with van der Waals surface area (Å²) in [7, 11) is 1.74. The van der Waals surface area contributed by atoms with Crippen molar-refractivity contribution in [1.29, 1.82) is 0 Å². The third kappa shape index (κ3) is 3.90. The molecule has 0 radical (unpaired) electrons. The van der Waals surface area contributed by atoms with Gasteiger partial charge in [0.25, 0.3) is 0 Å². The van der Waals surface area contributed by atoms with E-state index in [4.69, 9.17) is 19.4 Å². The summed E-state index contributed by atoms with van der Waals surface area (Å²) in [6, 6.07) is 6.52. The molecule has 3 rings (SSSR count). The van der Waals surface area contributed by atoms with E-state index in [0.29, 0.717) is 12.5 Å². The number of ether oxygens (including phenoxy) is 2. The second-order valence-electron chi connectivity index (χ2n) is 7.71. The highest BCUT2D eigenvalue weighted by atomic mass is 16.5. The van der Waals surface area contributed by atoms with Crippen molar-refractivity contribution in [2.75, 3.05) is 13.7 Å². The summed E-state index contributed by atoms with van der Waals surface area (Å²) in [5.74, 6) is 0.671. The molecule has 0 bridgehead atoms. The van der Waals surface area contributed by atoms with Gasteiger partial charge in [0.15, 0.2) is 0 Å². The lowest BCUT2D eigenvalue weighted by Crippen LogP contribution is -2.10. The monoisotopic (exact) mass is 381 g/mol. The van der Waals surface area contributed by atoms with Gasteiger partial charge in [0.1, 0.15) is 0 Å². The topological polar surface area (TPSA) is 49.2 Å². The number of pyridine rings is 2. The van der Waals surface area contributed by atoms with Gasteiger partial charge in [0, 0.05) is 24.9 Å². The van der Waals surface area contributed by atoms with Crippen molar-refractivity contribution in [3.63, 3.8) is 0 Å². The fourth-order valence-corrected chi connectivity index (χ4v) is 3.66. The van der Waals surface area contributed by atoms with Crippen LogP contribution in [-0.4, -0.2) is 34.4 Å². The summed E-state index contributed by atoms with van der Waals surface area (Å²) in [6.45, 7) is 13.2. The van der Waals surface area contributed by atoms with E-state index >= 15 is 0 Å². The minimum atomic E-state index is 0.107. The van der Waals surface area contributed by atoms with E-state index in [1.807, 2.05) is 19.9 Å². The Hall–Kier alpha value is -2.40. The van der Waals surface area contributed by atoms with Gasteiger partial charge in [-0.05, 0) is 64.3 Å². The SMILES string of the molecule is CCc1nc(OC(C)C)ccc1-c1nc2c(C)cn([C@@H](C)COC)c2cc1C. The molecule has 5 nitrogen and oxygen atoms in total. The van der Waals surface area contributed by atoms with E-state index in [1.165, 1.54) is 5.56 Å². The van der Waals surface area contributed by atoms with Crippen LogP contribution in [0.1, 0.15) is 50.6 Å². The summed E-state index contributed by atoms with van der Waals surface area (Å²) >= 11 is 0. The molecule has 0 amide bonds. The van der Waals surface area contributed by atoms with Gasteiger partial charge in [0.05, 0.1) is 41.2 Å². The molecule has 0 aliphatic heterocycles. The van der Waals surface area contributed by atoms with Gasteiger partial charge < -0.3 is 14.0 Å². The lowest BCUT2D eigenvalue weighted by Gasteiger charge is -2.16. The maximum absolute atomic E-state index is 5.77. The molecule has 0 N–H and O–H groups in total. The van der Waals surface area contributed by atoms with E-state index in [1.54, 1.807) is 7.11 Å². The smallest absolute Gasteiger partial charge is 0.213 e. The van der Waals surface area contributed by atoms with E-state index in [2.05, 4.69) is 50.6 Å². The van der Waals surface area contributed by atoms with Crippen molar-refractivity contribution in [2.45, 2.75) is 60.1 Å². The first-order chi connectivity index (χ1) is 13.3. The predicted molar refractivity (Wildman–Crippen MR) is 114 cm³/mol. The average molecular weight is 382 g/mol. The zero-order valence-corrected chi connectivity index (χ0v) is 18.0. The Morgan fingerprint density at radius 1 is 1.07 bits per heavy atom. The fraction of sp³-hybridized carbons (Fsp3) is 0.478.